The van der Waals surface area contributed by atoms with Crippen LogP contribution in [0.2, 0.25) is 0 Å². The van der Waals surface area contributed by atoms with E-state index in [1.165, 1.54) is 6.07 Å². The Balaban J connectivity index is 2.63. The summed E-state index contributed by atoms with van der Waals surface area (Å²) in [6.07, 6.45) is 0.606. The van der Waals surface area contributed by atoms with Crippen molar-refractivity contribution in [1.29, 1.82) is 0 Å². The van der Waals surface area contributed by atoms with E-state index in [4.69, 9.17) is 14.6 Å². The Morgan fingerprint density at radius 1 is 1.12 bits per heavy atom. The Morgan fingerprint density at radius 2 is 1.77 bits per heavy atom. The number of carboxylic acid groups (broad SMARTS) is 1. The summed E-state index contributed by atoms with van der Waals surface area (Å²) in [6.45, 7) is 8.57. The van der Waals surface area contributed by atoms with Gasteiger partial charge in [-0.25, -0.2) is 4.79 Å². The van der Waals surface area contributed by atoms with Crippen LogP contribution in [-0.4, -0.2) is 40.7 Å². The van der Waals surface area contributed by atoms with E-state index in [1.807, 2.05) is 13.8 Å². The van der Waals surface area contributed by atoms with Crippen LogP contribution in [0.1, 0.15) is 57.8 Å². The smallest absolute Gasteiger partial charge is 0.341 e. The minimum Gasteiger partial charge on any atom is -0.482 e. The first kappa shape index (κ1) is 21.5. The van der Waals surface area contributed by atoms with E-state index in [2.05, 4.69) is 5.32 Å². The molecule has 0 unspecified atom stereocenters. The van der Waals surface area contributed by atoms with E-state index < -0.39 is 23.7 Å². The molecule has 26 heavy (non-hydrogen) atoms. The zero-order valence-electron chi connectivity index (χ0n) is 15.9. The number of hydrogen-bond donors (Lipinski definition) is 2. The minimum absolute atomic E-state index is 0.187. The molecule has 1 rings (SSSR count). The molecule has 1 amide bonds. The summed E-state index contributed by atoms with van der Waals surface area (Å²) in [7, 11) is 0. The molecular weight excluding hydrogens is 338 g/mol. The predicted octanol–water partition coefficient (Wildman–Crippen LogP) is 2.78. The number of carbonyl (C=O) groups excluding carboxylic acids is 2. The average Bonchev–Trinajstić information content (AvgIpc) is 2.49. The van der Waals surface area contributed by atoms with Gasteiger partial charge in [0, 0.05) is 17.5 Å². The predicted molar refractivity (Wildman–Crippen MR) is 96.2 cm³/mol. The van der Waals surface area contributed by atoms with E-state index in [-0.39, 0.29) is 18.3 Å². The molecular formula is C19H27NO6. The maximum Gasteiger partial charge on any atom is 0.341 e. The molecule has 7 heteroatoms. The van der Waals surface area contributed by atoms with Crippen LogP contribution in [-0.2, 0) is 14.3 Å². The van der Waals surface area contributed by atoms with Crippen molar-refractivity contribution in [1.82, 2.24) is 5.32 Å². The second-order valence-corrected chi connectivity index (χ2v) is 7.63. The monoisotopic (exact) mass is 365 g/mol. The van der Waals surface area contributed by atoms with Gasteiger partial charge in [-0.3, -0.25) is 9.59 Å². The third kappa shape index (κ3) is 8.50. The maximum atomic E-state index is 12.4. The van der Waals surface area contributed by atoms with Gasteiger partial charge in [-0.05, 0) is 59.2 Å². The first-order chi connectivity index (χ1) is 11.9. The Kier molecular flexibility index (Phi) is 7.18. The fraction of sp³-hybridized carbons (Fsp3) is 0.526. The fourth-order valence-electron chi connectivity index (χ4n) is 2.12. The van der Waals surface area contributed by atoms with Crippen LogP contribution >= 0.6 is 0 Å². The number of hydrogen-bond acceptors (Lipinski definition) is 5. The van der Waals surface area contributed by atoms with Crippen LogP contribution in [0.3, 0.4) is 0 Å². The highest BCUT2D eigenvalue weighted by Gasteiger charge is 2.24. The number of aliphatic carboxylic acids is 1. The van der Waals surface area contributed by atoms with Gasteiger partial charge >= 0.3 is 11.9 Å². The first-order valence-corrected chi connectivity index (χ1v) is 8.37. The van der Waals surface area contributed by atoms with Crippen LogP contribution in [0.25, 0.3) is 0 Å². The van der Waals surface area contributed by atoms with Crippen LogP contribution in [0.5, 0.6) is 5.75 Å². The molecule has 144 valence electrons. The molecule has 0 spiro atoms. The fourth-order valence-corrected chi connectivity index (χ4v) is 2.12. The third-order valence-corrected chi connectivity index (χ3v) is 3.28. The van der Waals surface area contributed by atoms with Gasteiger partial charge in [-0.15, -0.1) is 0 Å². The van der Waals surface area contributed by atoms with Crippen molar-refractivity contribution in [2.24, 2.45) is 0 Å². The quantitative estimate of drug-likeness (QED) is 0.687. The summed E-state index contributed by atoms with van der Waals surface area (Å²) in [5.74, 6) is -1.45. The molecule has 0 aromatic heterocycles. The van der Waals surface area contributed by atoms with Gasteiger partial charge < -0.3 is 19.9 Å². The number of benzene rings is 1. The van der Waals surface area contributed by atoms with Gasteiger partial charge in [0.1, 0.15) is 11.4 Å². The maximum absolute atomic E-state index is 12.4. The molecule has 0 fully saturated rings. The van der Waals surface area contributed by atoms with Gasteiger partial charge in [0.05, 0.1) is 0 Å². The SMILES string of the molecule is CC(C)(CCC(=O)OC(C)(C)C)NC(=O)c1cccc(OCC(=O)O)c1. The number of carbonyl (C=O) groups is 3. The van der Waals surface area contributed by atoms with Crippen molar-refractivity contribution < 1.29 is 29.0 Å². The first-order valence-electron chi connectivity index (χ1n) is 8.37. The van der Waals surface area contributed by atoms with E-state index in [0.29, 0.717) is 17.7 Å². The lowest BCUT2D eigenvalue weighted by Gasteiger charge is -2.27. The Labute approximate surface area is 153 Å². The standard InChI is InChI=1S/C19H27NO6/c1-18(2,3)26-16(23)9-10-19(4,5)20-17(24)13-7-6-8-14(11-13)25-12-15(21)22/h6-8,11H,9-10,12H2,1-5H3,(H,20,24)(H,21,22). The van der Waals surface area contributed by atoms with Gasteiger partial charge in [0.25, 0.3) is 5.91 Å². The van der Waals surface area contributed by atoms with Crippen molar-refractivity contribution in [3.63, 3.8) is 0 Å². The van der Waals surface area contributed by atoms with Crippen molar-refractivity contribution in [3.05, 3.63) is 29.8 Å². The lowest BCUT2D eigenvalue weighted by Crippen LogP contribution is -2.44. The minimum atomic E-state index is -1.09. The molecule has 0 aliphatic rings. The summed E-state index contributed by atoms with van der Waals surface area (Å²) < 4.78 is 10.3. The largest absolute Gasteiger partial charge is 0.482 e. The van der Waals surface area contributed by atoms with E-state index in [1.54, 1.807) is 39.0 Å². The molecule has 0 heterocycles. The van der Waals surface area contributed by atoms with Crippen LogP contribution in [0.15, 0.2) is 24.3 Å². The average molecular weight is 365 g/mol. The molecule has 0 aliphatic carbocycles. The number of carboxylic acids is 1. The Morgan fingerprint density at radius 3 is 2.35 bits per heavy atom. The highest BCUT2D eigenvalue weighted by Crippen LogP contribution is 2.18. The molecule has 0 radical (unpaired) electrons. The Bertz CT molecular complexity index is 660. The lowest BCUT2D eigenvalue weighted by atomic mass is 9.97. The summed E-state index contributed by atoms with van der Waals surface area (Å²) in [4.78, 5) is 34.8. The molecule has 0 atom stereocenters. The molecule has 1 aromatic rings. The van der Waals surface area contributed by atoms with Crippen LogP contribution in [0.4, 0.5) is 0 Å². The van der Waals surface area contributed by atoms with E-state index >= 15 is 0 Å². The van der Waals surface area contributed by atoms with Crippen molar-refractivity contribution >= 4 is 17.8 Å². The summed E-state index contributed by atoms with van der Waals surface area (Å²) in [5, 5.41) is 11.5. The summed E-state index contributed by atoms with van der Waals surface area (Å²) >= 11 is 0. The second kappa shape index (κ2) is 8.69. The topological polar surface area (TPSA) is 102 Å². The number of rotatable bonds is 8. The molecule has 2 N–H and O–H groups in total. The Hall–Kier alpha value is -2.57. The number of ether oxygens (including phenoxy) is 2. The third-order valence-electron chi connectivity index (χ3n) is 3.28. The van der Waals surface area contributed by atoms with Gasteiger partial charge in [0.2, 0.25) is 0 Å². The van der Waals surface area contributed by atoms with Crippen molar-refractivity contribution in [2.45, 2.75) is 58.6 Å². The number of nitrogens with one attached hydrogen (secondary N) is 1. The highest BCUT2D eigenvalue weighted by molar-refractivity contribution is 5.95. The lowest BCUT2D eigenvalue weighted by molar-refractivity contribution is -0.155. The molecule has 0 aliphatic heterocycles. The molecule has 7 nitrogen and oxygen atoms in total. The second-order valence-electron chi connectivity index (χ2n) is 7.63. The summed E-state index contributed by atoms with van der Waals surface area (Å²) in [5.41, 5.74) is -0.814. The normalized spacial score (nSPS) is 11.6. The molecule has 0 saturated heterocycles. The number of esters is 1. The van der Waals surface area contributed by atoms with Gasteiger partial charge in [-0.2, -0.15) is 0 Å². The van der Waals surface area contributed by atoms with E-state index in [0.717, 1.165) is 0 Å². The van der Waals surface area contributed by atoms with Crippen molar-refractivity contribution in [3.8, 4) is 5.75 Å². The molecule has 0 bridgehead atoms. The van der Waals surface area contributed by atoms with Gasteiger partial charge in [-0.1, -0.05) is 6.07 Å². The summed E-state index contributed by atoms with van der Waals surface area (Å²) in [6, 6.07) is 6.27. The van der Waals surface area contributed by atoms with Gasteiger partial charge in [0.15, 0.2) is 6.61 Å². The van der Waals surface area contributed by atoms with Crippen LogP contribution in [0, 0.1) is 0 Å². The zero-order chi connectivity index (χ0) is 20.0. The number of amides is 1. The molecule has 1 aromatic carbocycles. The van der Waals surface area contributed by atoms with Crippen molar-refractivity contribution in [2.75, 3.05) is 6.61 Å². The molecule has 0 saturated carbocycles. The van der Waals surface area contributed by atoms with E-state index in [9.17, 15) is 14.4 Å². The zero-order valence-corrected chi connectivity index (χ0v) is 15.9. The van der Waals surface area contributed by atoms with Crippen LogP contribution < -0.4 is 10.1 Å². The highest BCUT2D eigenvalue weighted by atomic mass is 16.6.